The molecule has 0 saturated heterocycles. The summed E-state index contributed by atoms with van der Waals surface area (Å²) in [4.78, 5) is 16.3. The van der Waals surface area contributed by atoms with E-state index in [1.165, 1.54) is 16.4 Å². The van der Waals surface area contributed by atoms with Crippen LogP contribution < -0.4 is 10.00 Å². The van der Waals surface area contributed by atoms with Gasteiger partial charge in [-0.3, -0.25) is 14.6 Å². The number of nitriles is 1. The number of hydrogen-bond donors (Lipinski definition) is 1. The molecule has 0 spiro atoms. The highest BCUT2D eigenvalue weighted by molar-refractivity contribution is 8.00. The normalized spacial score (nSPS) is 10.2. The molecule has 0 unspecified atom stereocenters. The molecule has 0 atom stereocenters. The van der Waals surface area contributed by atoms with Gasteiger partial charge in [-0.2, -0.15) is 5.26 Å². The third-order valence-corrected chi connectivity index (χ3v) is 3.71. The first-order valence-corrected chi connectivity index (χ1v) is 7.76. The van der Waals surface area contributed by atoms with Crippen molar-refractivity contribution in [3.05, 3.63) is 29.6 Å². The Balaban J connectivity index is 1.99. The predicted octanol–water partition coefficient (Wildman–Crippen LogP) is 1.45. The fraction of sp³-hybridized carbons (Fsp3) is 0.357. The summed E-state index contributed by atoms with van der Waals surface area (Å²) in [6.45, 7) is 2.07. The van der Waals surface area contributed by atoms with Gasteiger partial charge in [-0.05, 0) is 18.6 Å². The van der Waals surface area contributed by atoms with E-state index >= 15 is 0 Å². The Morgan fingerprint density at radius 2 is 2.36 bits per heavy atom. The van der Waals surface area contributed by atoms with E-state index in [2.05, 4.69) is 28.6 Å². The molecule has 0 aliphatic rings. The Hall–Kier alpha value is -2.40. The first-order valence-electron chi connectivity index (χ1n) is 6.77. The van der Waals surface area contributed by atoms with Gasteiger partial charge in [-0.1, -0.05) is 29.8 Å². The largest absolute Gasteiger partial charge is 0.302 e. The Morgan fingerprint density at radius 1 is 1.55 bits per heavy atom. The van der Waals surface area contributed by atoms with Crippen molar-refractivity contribution >= 4 is 23.6 Å². The van der Waals surface area contributed by atoms with Crippen LogP contribution in [-0.4, -0.2) is 21.9 Å². The molecule has 0 aliphatic heterocycles. The van der Waals surface area contributed by atoms with Crippen molar-refractivity contribution in [2.45, 2.75) is 24.8 Å². The van der Waals surface area contributed by atoms with Gasteiger partial charge < -0.3 is 0 Å². The molecule has 2 aromatic heterocycles. The number of carbonyl (C=O) groups is 1. The molecule has 0 fully saturated rings. The van der Waals surface area contributed by atoms with E-state index in [0.29, 0.717) is 10.6 Å². The highest BCUT2D eigenvalue weighted by Crippen LogP contribution is 2.21. The quantitative estimate of drug-likeness (QED) is 0.640. The van der Waals surface area contributed by atoms with Gasteiger partial charge in [0.15, 0.2) is 12.3 Å². The molecule has 0 bridgehead atoms. The van der Waals surface area contributed by atoms with Crippen LogP contribution in [0.1, 0.15) is 24.6 Å². The monoisotopic (exact) mass is 318 g/mol. The van der Waals surface area contributed by atoms with Crippen molar-refractivity contribution in [1.82, 2.24) is 10.3 Å². The van der Waals surface area contributed by atoms with Crippen molar-refractivity contribution in [3.8, 4) is 6.07 Å². The zero-order chi connectivity index (χ0) is 15.9. The highest BCUT2D eigenvalue weighted by atomic mass is 32.2. The summed E-state index contributed by atoms with van der Waals surface area (Å²) in [7, 11) is 1.69. The summed E-state index contributed by atoms with van der Waals surface area (Å²) in [6, 6.07) is 5.69. The number of aromatic nitrogens is 3. The minimum atomic E-state index is -0.242. The third-order valence-electron chi connectivity index (χ3n) is 2.72. The topological polar surface area (TPSA) is 95.7 Å². The number of rotatable bonds is 6. The average Bonchev–Trinajstić information content (AvgIpc) is 2.91. The maximum absolute atomic E-state index is 11.9. The molecule has 0 radical (unpaired) electrons. The molecule has 0 aliphatic carbocycles. The molecule has 0 aromatic carbocycles. The van der Waals surface area contributed by atoms with Gasteiger partial charge in [0, 0.05) is 5.69 Å². The fourth-order valence-electron chi connectivity index (χ4n) is 1.76. The summed E-state index contributed by atoms with van der Waals surface area (Å²) in [6.07, 6.45) is 3.38. The molecule has 1 amide bonds. The van der Waals surface area contributed by atoms with Gasteiger partial charge in [-0.25, -0.2) is 4.98 Å². The SMILES string of the molecule is CCCc1ccc(C#N)c(SCC(=O)Nc2c[n+](C)no2)n1. The average molecular weight is 318 g/mol. The van der Waals surface area contributed by atoms with Crippen molar-refractivity contribution in [2.75, 3.05) is 11.1 Å². The lowest BCUT2D eigenvalue weighted by Crippen LogP contribution is -2.28. The number of amides is 1. The maximum atomic E-state index is 11.9. The number of nitrogens with one attached hydrogen (secondary N) is 1. The van der Waals surface area contributed by atoms with Crippen molar-refractivity contribution in [1.29, 1.82) is 5.26 Å². The molecular weight excluding hydrogens is 302 g/mol. The van der Waals surface area contributed by atoms with Crippen LogP contribution in [0.15, 0.2) is 27.9 Å². The molecule has 22 heavy (non-hydrogen) atoms. The van der Waals surface area contributed by atoms with Crippen LogP contribution in [0.2, 0.25) is 0 Å². The van der Waals surface area contributed by atoms with Crippen LogP contribution in [0, 0.1) is 11.3 Å². The lowest BCUT2D eigenvalue weighted by Gasteiger charge is -2.05. The Kier molecular flexibility index (Phi) is 5.49. The predicted molar refractivity (Wildman–Crippen MR) is 80.0 cm³/mol. The van der Waals surface area contributed by atoms with Gasteiger partial charge >= 0.3 is 5.88 Å². The van der Waals surface area contributed by atoms with Gasteiger partial charge in [0.2, 0.25) is 5.91 Å². The molecular formula is C14H16N5O2S+. The van der Waals surface area contributed by atoms with E-state index in [4.69, 9.17) is 9.78 Å². The summed E-state index contributed by atoms with van der Waals surface area (Å²) in [5, 5.41) is 15.9. The number of thioether (sulfide) groups is 1. The van der Waals surface area contributed by atoms with E-state index in [0.717, 1.165) is 18.5 Å². The minimum Gasteiger partial charge on any atom is -0.288 e. The standard InChI is InChI=1S/C14H15N5O2S/c1-3-4-11-6-5-10(7-15)14(16-11)22-9-12(20)17-13-8-19(2)18-21-13/h5-6,8H,3-4,9H2,1-2H3/p+1. The number of aryl methyl sites for hydroxylation is 2. The van der Waals surface area contributed by atoms with Crippen LogP contribution in [0.4, 0.5) is 5.88 Å². The zero-order valence-electron chi connectivity index (χ0n) is 12.4. The van der Waals surface area contributed by atoms with E-state index in [1.54, 1.807) is 19.3 Å². The van der Waals surface area contributed by atoms with E-state index < -0.39 is 0 Å². The van der Waals surface area contributed by atoms with E-state index in [-0.39, 0.29) is 17.5 Å². The first-order chi connectivity index (χ1) is 10.6. The number of pyridine rings is 1. The highest BCUT2D eigenvalue weighted by Gasteiger charge is 2.13. The van der Waals surface area contributed by atoms with Gasteiger partial charge in [-0.15, -0.1) is 0 Å². The summed E-state index contributed by atoms with van der Waals surface area (Å²) in [5.74, 6) is 0.177. The smallest absolute Gasteiger partial charge is 0.288 e. The van der Waals surface area contributed by atoms with Crippen LogP contribution >= 0.6 is 11.8 Å². The van der Waals surface area contributed by atoms with Gasteiger partial charge in [0.25, 0.3) is 6.20 Å². The second-order valence-electron chi connectivity index (χ2n) is 4.59. The number of anilines is 1. The number of carbonyl (C=O) groups excluding carboxylic acids is 1. The minimum absolute atomic E-state index is 0.141. The zero-order valence-corrected chi connectivity index (χ0v) is 13.2. The molecule has 1 N–H and O–H groups in total. The fourth-order valence-corrected chi connectivity index (χ4v) is 2.55. The third kappa shape index (κ3) is 4.30. The molecule has 2 heterocycles. The van der Waals surface area contributed by atoms with Crippen molar-refractivity contribution < 1.29 is 14.0 Å². The summed E-state index contributed by atoms with van der Waals surface area (Å²) < 4.78 is 6.34. The summed E-state index contributed by atoms with van der Waals surface area (Å²) in [5.41, 5.74) is 1.40. The van der Waals surface area contributed by atoms with Gasteiger partial charge in [0.1, 0.15) is 11.1 Å². The van der Waals surface area contributed by atoms with E-state index in [9.17, 15) is 4.79 Å². The molecule has 2 rings (SSSR count). The molecule has 0 saturated carbocycles. The van der Waals surface area contributed by atoms with Crippen molar-refractivity contribution in [2.24, 2.45) is 7.05 Å². The van der Waals surface area contributed by atoms with E-state index in [1.807, 2.05) is 6.07 Å². The lowest BCUT2D eigenvalue weighted by molar-refractivity contribution is -0.739. The molecule has 7 nitrogen and oxygen atoms in total. The maximum Gasteiger partial charge on any atom is 0.302 e. The van der Waals surface area contributed by atoms with Crippen molar-refractivity contribution in [3.63, 3.8) is 0 Å². The number of nitrogens with zero attached hydrogens (tertiary/aromatic N) is 4. The lowest BCUT2D eigenvalue weighted by atomic mass is 10.2. The van der Waals surface area contributed by atoms with Crippen LogP contribution in [-0.2, 0) is 18.3 Å². The second-order valence-corrected chi connectivity index (χ2v) is 5.56. The molecule has 114 valence electrons. The summed E-state index contributed by atoms with van der Waals surface area (Å²) >= 11 is 1.23. The number of hydrogen-bond acceptors (Lipinski definition) is 6. The Labute approximate surface area is 132 Å². The Morgan fingerprint density at radius 3 is 3.00 bits per heavy atom. The molecule has 2 aromatic rings. The van der Waals surface area contributed by atoms with Crippen LogP contribution in [0.5, 0.6) is 0 Å². The Bertz CT molecular complexity index is 707. The first kappa shape index (κ1) is 16.0. The molecule has 8 heteroatoms. The van der Waals surface area contributed by atoms with Crippen LogP contribution in [0.25, 0.3) is 0 Å². The van der Waals surface area contributed by atoms with Gasteiger partial charge in [0.05, 0.1) is 11.3 Å². The van der Waals surface area contributed by atoms with Crippen LogP contribution in [0.3, 0.4) is 0 Å². The second kappa shape index (κ2) is 7.56.